The Morgan fingerprint density at radius 1 is 1.15 bits per heavy atom. The van der Waals surface area contributed by atoms with E-state index in [0.29, 0.717) is 28.4 Å². The zero-order chi connectivity index (χ0) is 18.6. The number of aromatic hydroxyl groups is 1. The number of benzene rings is 2. The van der Waals surface area contributed by atoms with Crippen molar-refractivity contribution < 1.29 is 14.4 Å². The lowest BCUT2D eigenvalue weighted by Crippen LogP contribution is -1.98. The molecule has 0 unspecified atom stereocenters. The largest absolute Gasteiger partial charge is 0.508 e. The maximum atomic E-state index is 9.41. The molecule has 0 aliphatic heterocycles. The van der Waals surface area contributed by atoms with E-state index in [1.807, 2.05) is 24.3 Å². The number of para-hydroxylation sites is 1. The number of methoxy groups -OCH3 is 1. The Morgan fingerprint density at radius 3 is 2.78 bits per heavy atom. The molecule has 0 atom stereocenters. The maximum absolute atomic E-state index is 9.41. The van der Waals surface area contributed by atoms with Crippen molar-refractivity contribution in [3.05, 3.63) is 54.4 Å². The van der Waals surface area contributed by atoms with Crippen LogP contribution in [0, 0.1) is 0 Å². The number of tetrazole rings is 1. The summed E-state index contributed by atoms with van der Waals surface area (Å²) in [5.41, 5.74) is 1.49. The molecule has 0 amide bonds. The Kier molecular flexibility index (Phi) is 4.71. The van der Waals surface area contributed by atoms with Crippen molar-refractivity contribution in [3.63, 3.8) is 0 Å². The molecule has 0 radical (unpaired) electrons. The van der Waals surface area contributed by atoms with Crippen LogP contribution in [0.2, 0.25) is 0 Å². The molecule has 0 fully saturated rings. The third-order valence-corrected chi connectivity index (χ3v) is 4.58. The van der Waals surface area contributed by atoms with Crippen LogP contribution in [0.1, 0.15) is 5.89 Å². The first-order valence-electron chi connectivity index (χ1n) is 7.91. The van der Waals surface area contributed by atoms with E-state index < -0.39 is 0 Å². The molecule has 4 rings (SSSR count). The molecule has 9 nitrogen and oxygen atoms in total. The Labute approximate surface area is 158 Å². The number of rotatable bonds is 6. The van der Waals surface area contributed by atoms with Gasteiger partial charge in [0.15, 0.2) is 0 Å². The summed E-state index contributed by atoms with van der Waals surface area (Å²) in [5, 5.41) is 25.7. The van der Waals surface area contributed by atoms with Gasteiger partial charge in [0.25, 0.3) is 0 Å². The fraction of sp³-hybridized carbons (Fsp3) is 0.118. The zero-order valence-corrected chi connectivity index (χ0v) is 15.0. The molecule has 0 aliphatic carbocycles. The summed E-state index contributed by atoms with van der Waals surface area (Å²) >= 11 is 1.36. The van der Waals surface area contributed by atoms with Gasteiger partial charge in [0.1, 0.15) is 11.5 Å². The van der Waals surface area contributed by atoms with Crippen molar-refractivity contribution >= 4 is 11.8 Å². The first-order valence-corrected chi connectivity index (χ1v) is 8.89. The number of thioether (sulfide) groups is 1. The van der Waals surface area contributed by atoms with Crippen molar-refractivity contribution in [1.29, 1.82) is 0 Å². The summed E-state index contributed by atoms with van der Waals surface area (Å²) in [6.07, 6.45) is 0. The van der Waals surface area contributed by atoms with Gasteiger partial charge >= 0.3 is 0 Å². The van der Waals surface area contributed by atoms with Crippen molar-refractivity contribution in [3.8, 4) is 28.6 Å². The number of aromatic nitrogens is 6. The molecule has 2 aromatic heterocycles. The van der Waals surface area contributed by atoms with Crippen molar-refractivity contribution in [1.82, 2.24) is 30.3 Å². The van der Waals surface area contributed by atoms with Gasteiger partial charge in [-0.3, -0.25) is 0 Å². The summed E-state index contributed by atoms with van der Waals surface area (Å²) < 4.78 is 12.2. The minimum absolute atomic E-state index is 0.177. The third-order valence-electron chi connectivity index (χ3n) is 3.68. The molecule has 1 N–H and O–H groups in total. The first-order chi connectivity index (χ1) is 13.2. The van der Waals surface area contributed by atoms with Crippen LogP contribution in [-0.2, 0) is 5.75 Å². The van der Waals surface area contributed by atoms with Crippen molar-refractivity contribution in [2.45, 2.75) is 10.9 Å². The summed E-state index contributed by atoms with van der Waals surface area (Å²) in [4.78, 5) is 4.41. The fourth-order valence-electron chi connectivity index (χ4n) is 2.40. The van der Waals surface area contributed by atoms with Gasteiger partial charge in [0.2, 0.25) is 16.9 Å². The molecule has 0 saturated heterocycles. The Balaban J connectivity index is 1.50. The van der Waals surface area contributed by atoms with E-state index in [1.54, 1.807) is 36.1 Å². The van der Waals surface area contributed by atoms with Gasteiger partial charge in [0, 0.05) is 0 Å². The Hall–Kier alpha value is -3.40. The molecule has 0 spiro atoms. The Bertz CT molecular complexity index is 1050. The summed E-state index contributed by atoms with van der Waals surface area (Å²) in [7, 11) is 1.60. The lowest BCUT2D eigenvalue weighted by molar-refractivity contribution is 0.390. The predicted octanol–water partition coefficient (Wildman–Crippen LogP) is 2.72. The zero-order valence-electron chi connectivity index (χ0n) is 14.2. The highest BCUT2D eigenvalue weighted by atomic mass is 32.2. The molecule has 136 valence electrons. The van der Waals surface area contributed by atoms with Crippen molar-refractivity contribution in [2.75, 3.05) is 7.11 Å². The topological polar surface area (TPSA) is 112 Å². The average molecular weight is 382 g/mol. The third kappa shape index (κ3) is 3.60. The normalized spacial score (nSPS) is 10.9. The van der Waals surface area contributed by atoms with E-state index in [0.717, 1.165) is 11.3 Å². The SMILES string of the molecule is COc1ccccc1-c1noc(CSc2nnnn2-c2ccc(O)cc2)n1. The molecule has 0 saturated carbocycles. The van der Waals surface area contributed by atoms with Gasteiger partial charge in [-0.05, 0) is 46.8 Å². The second-order valence-corrected chi connectivity index (χ2v) is 6.33. The van der Waals surface area contributed by atoms with E-state index >= 15 is 0 Å². The van der Waals surface area contributed by atoms with E-state index in [1.165, 1.54) is 11.8 Å². The van der Waals surface area contributed by atoms with Gasteiger partial charge in [-0.2, -0.15) is 9.67 Å². The van der Waals surface area contributed by atoms with Crippen LogP contribution >= 0.6 is 11.8 Å². The van der Waals surface area contributed by atoms with Gasteiger partial charge in [0.05, 0.1) is 24.1 Å². The van der Waals surface area contributed by atoms with Gasteiger partial charge < -0.3 is 14.4 Å². The molecule has 27 heavy (non-hydrogen) atoms. The molecule has 4 aromatic rings. The minimum atomic E-state index is 0.177. The lowest BCUT2D eigenvalue weighted by atomic mass is 10.2. The smallest absolute Gasteiger partial charge is 0.237 e. The second-order valence-electron chi connectivity index (χ2n) is 5.39. The maximum Gasteiger partial charge on any atom is 0.237 e. The van der Waals surface area contributed by atoms with Crippen LogP contribution in [0.4, 0.5) is 0 Å². The van der Waals surface area contributed by atoms with E-state index in [-0.39, 0.29) is 5.75 Å². The van der Waals surface area contributed by atoms with Crippen LogP contribution in [-0.4, -0.2) is 42.6 Å². The quantitative estimate of drug-likeness (QED) is 0.503. The van der Waals surface area contributed by atoms with Crippen LogP contribution in [0.25, 0.3) is 17.1 Å². The van der Waals surface area contributed by atoms with Crippen LogP contribution in [0.5, 0.6) is 11.5 Å². The molecular formula is C17H14N6O3S. The first kappa shape index (κ1) is 17.0. The van der Waals surface area contributed by atoms with Crippen molar-refractivity contribution in [2.24, 2.45) is 0 Å². The number of hydrogen-bond acceptors (Lipinski definition) is 9. The fourth-order valence-corrected chi connectivity index (χ4v) is 3.13. The van der Waals surface area contributed by atoms with Crippen LogP contribution < -0.4 is 4.74 Å². The lowest BCUT2D eigenvalue weighted by Gasteiger charge is -2.03. The molecular weight excluding hydrogens is 368 g/mol. The van der Waals surface area contributed by atoms with Gasteiger partial charge in [-0.1, -0.05) is 29.1 Å². The molecule has 0 aliphatic rings. The van der Waals surface area contributed by atoms with Gasteiger partial charge in [-0.25, -0.2) is 0 Å². The van der Waals surface area contributed by atoms with Gasteiger partial charge in [-0.15, -0.1) is 5.10 Å². The van der Waals surface area contributed by atoms with Crippen LogP contribution in [0.15, 0.2) is 58.2 Å². The highest BCUT2D eigenvalue weighted by Crippen LogP contribution is 2.28. The average Bonchev–Trinajstić information content (AvgIpc) is 3.36. The predicted molar refractivity (Wildman–Crippen MR) is 96.7 cm³/mol. The molecule has 10 heteroatoms. The highest BCUT2D eigenvalue weighted by molar-refractivity contribution is 7.98. The highest BCUT2D eigenvalue weighted by Gasteiger charge is 2.15. The van der Waals surface area contributed by atoms with E-state index in [4.69, 9.17) is 9.26 Å². The number of phenolic OH excluding ortho intramolecular Hbond substituents is 1. The summed E-state index contributed by atoms with van der Waals surface area (Å²) in [5.74, 6) is 2.16. The van der Waals surface area contributed by atoms with Crippen LogP contribution in [0.3, 0.4) is 0 Å². The number of ether oxygens (including phenoxy) is 1. The van der Waals surface area contributed by atoms with E-state index in [2.05, 4.69) is 25.7 Å². The second kappa shape index (κ2) is 7.46. The Morgan fingerprint density at radius 2 is 1.96 bits per heavy atom. The number of hydrogen-bond donors (Lipinski definition) is 1. The number of phenols is 1. The monoisotopic (exact) mass is 382 g/mol. The molecule has 0 bridgehead atoms. The summed E-state index contributed by atoms with van der Waals surface area (Å²) in [6.45, 7) is 0. The molecule has 2 aromatic carbocycles. The number of nitrogens with zero attached hydrogens (tertiary/aromatic N) is 6. The minimum Gasteiger partial charge on any atom is -0.508 e. The van der Waals surface area contributed by atoms with E-state index in [9.17, 15) is 5.11 Å². The standard InChI is InChI=1S/C17H14N6O3S/c1-25-14-5-3-2-4-13(14)16-18-15(26-20-16)10-27-17-19-21-22-23(17)11-6-8-12(24)9-7-11/h2-9,24H,10H2,1H3. The summed E-state index contributed by atoms with van der Waals surface area (Å²) in [6, 6.07) is 14.1. The molecule has 2 heterocycles.